The molecule has 0 radical (unpaired) electrons. The highest BCUT2D eigenvalue weighted by atomic mass is 16.5. The molecular weight excluding hydrogens is 390 g/mol. The van der Waals surface area contributed by atoms with E-state index in [-0.39, 0.29) is 17.3 Å². The quantitative estimate of drug-likeness (QED) is 0.682. The Morgan fingerprint density at radius 3 is 2.81 bits per heavy atom. The fourth-order valence-electron chi connectivity index (χ4n) is 5.64. The molecule has 2 heterocycles. The Bertz CT molecular complexity index is 1270. The van der Waals surface area contributed by atoms with Crippen LogP contribution in [0.15, 0.2) is 39.9 Å². The van der Waals surface area contributed by atoms with Crippen molar-refractivity contribution in [2.45, 2.75) is 51.6 Å². The molecule has 1 aliphatic heterocycles. The van der Waals surface area contributed by atoms with Crippen molar-refractivity contribution in [1.29, 1.82) is 0 Å². The molecule has 1 saturated heterocycles. The molecule has 2 N–H and O–H groups in total. The lowest BCUT2D eigenvalue weighted by Gasteiger charge is -2.32. The lowest BCUT2D eigenvalue weighted by Crippen LogP contribution is -2.38. The monoisotopic (exact) mass is 419 g/mol. The van der Waals surface area contributed by atoms with Gasteiger partial charge in [-0.3, -0.25) is 9.36 Å². The maximum Gasteiger partial charge on any atom is 0.328 e. The molecule has 5 rings (SSSR count). The summed E-state index contributed by atoms with van der Waals surface area (Å²) in [6.07, 6.45) is 2.91. The molecular formula is C25H29N3O3. The largest absolute Gasteiger partial charge is 0.496 e. The summed E-state index contributed by atoms with van der Waals surface area (Å²) in [6.45, 7) is 5.30. The lowest BCUT2D eigenvalue weighted by molar-refractivity contribution is 0.371. The van der Waals surface area contributed by atoms with Gasteiger partial charge in [0, 0.05) is 18.5 Å². The third-order valence-corrected chi connectivity index (χ3v) is 7.45. The van der Waals surface area contributed by atoms with Gasteiger partial charge in [0.1, 0.15) is 5.75 Å². The zero-order valence-electron chi connectivity index (χ0n) is 18.3. The zero-order chi connectivity index (χ0) is 21.7. The summed E-state index contributed by atoms with van der Waals surface area (Å²) >= 11 is 0. The summed E-state index contributed by atoms with van der Waals surface area (Å²) in [7, 11) is 1.73. The molecule has 0 amide bonds. The van der Waals surface area contributed by atoms with Crippen molar-refractivity contribution in [2.24, 2.45) is 5.92 Å². The molecule has 6 heteroatoms. The first-order valence-electron chi connectivity index (χ1n) is 11.1. The zero-order valence-corrected chi connectivity index (χ0v) is 18.3. The van der Waals surface area contributed by atoms with E-state index >= 15 is 0 Å². The number of ether oxygens (including phenoxy) is 1. The van der Waals surface area contributed by atoms with E-state index in [0.29, 0.717) is 29.3 Å². The van der Waals surface area contributed by atoms with Crippen molar-refractivity contribution >= 4 is 10.9 Å². The molecule has 3 unspecified atom stereocenters. The van der Waals surface area contributed by atoms with Crippen molar-refractivity contribution in [1.82, 2.24) is 14.9 Å². The number of hydrogen-bond acceptors (Lipinski definition) is 4. The van der Waals surface area contributed by atoms with Crippen LogP contribution in [0.5, 0.6) is 5.75 Å². The molecule has 31 heavy (non-hydrogen) atoms. The van der Waals surface area contributed by atoms with E-state index in [1.54, 1.807) is 7.11 Å². The highest BCUT2D eigenvalue weighted by Crippen LogP contribution is 2.45. The first-order chi connectivity index (χ1) is 15.0. The van der Waals surface area contributed by atoms with E-state index in [0.717, 1.165) is 42.7 Å². The number of nitrogens with one attached hydrogen (secondary N) is 2. The van der Waals surface area contributed by atoms with Gasteiger partial charge >= 0.3 is 5.69 Å². The first kappa shape index (κ1) is 20.1. The van der Waals surface area contributed by atoms with Gasteiger partial charge in [0.2, 0.25) is 0 Å². The molecule has 1 aliphatic carbocycles. The number of H-pyrrole nitrogens is 1. The molecule has 2 aliphatic rings. The first-order valence-corrected chi connectivity index (χ1v) is 11.1. The number of aromatic amines is 1. The van der Waals surface area contributed by atoms with Gasteiger partial charge in [0.15, 0.2) is 0 Å². The van der Waals surface area contributed by atoms with Gasteiger partial charge < -0.3 is 15.0 Å². The number of benzene rings is 2. The van der Waals surface area contributed by atoms with Crippen LogP contribution in [-0.2, 0) is 13.0 Å². The molecule has 162 valence electrons. The third-order valence-electron chi connectivity index (χ3n) is 7.45. The predicted octanol–water partition coefficient (Wildman–Crippen LogP) is 3.02. The van der Waals surface area contributed by atoms with Gasteiger partial charge in [-0.05, 0) is 80.0 Å². The van der Waals surface area contributed by atoms with E-state index in [1.807, 2.05) is 32.0 Å². The fourth-order valence-corrected chi connectivity index (χ4v) is 5.64. The Labute approximate surface area is 181 Å². The van der Waals surface area contributed by atoms with E-state index in [1.165, 1.54) is 15.7 Å². The molecule has 0 spiro atoms. The standard InChI is InChI=1S/C25H29N3O3/c1-14-7-9-19-23(15(14)2)27-25(30)28(24(19)29)12-11-20-22-16(13-26-20)8-10-17-18(22)5-4-6-21(17)31-3/h4-7,9,16,20,22,26H,8,10-13H2,1-3H3,(H,27,30). The normalized spacial score (nSPS) is 22.4. The predicted molar refractivity (Wildman–Crippen MR) is 122 cm³/mol. The highest BCUT2D eigenvalue weighted by Gasteiger charge is 2.40. The highest BCUT2D eigenvalue weighted by molar-refractivity contribution is 5.81. The van der Waals surface area contributed by atoms with Crippen LogP contribution >= 0.6 is 0 Å². The molecule has 1 fully saturated rings. The second-order valence-corrected chi connectivity index (χ2v) is 8.97. The maximum atomic E-state index is 13.1. The number of fused-ring (bicyclic) bond motifs is 4. The third kappa shape index (κ3) is 3.21. The van der Waals surface area contributed by atoms with E-state index in [4.69, 9.17) is 4.74 Å². The topological polar surface area (TPSA) is 76.1 Å². The molecule has 3 atom stereocenters. The number of aryl methyl sites for hydroxylation is 2. The number of aromatic nitrogens is 2. The minimum absolute atomic E-state index is 0.206. The molecule has 2 aromatic carbocycles. The Hall–Kier alpha value is -2.86. The van der Waals surface area contributed by atoms with Gasteiger partial charge in [-0.25, -0.2) is 4.79 Å². The number of hydrogen-bond donors (Lipinski definition) is 2. The summed E-state index contributed by atoms with van der Waals surface area (Å²) in [6, 6.07) is 10.3. The summed E-state index contributed by atoms with van der Waals surface area (Å²) in [4.78, 5) is 28.8. The van der Waals surface area contributed by atoms with Gasteiger partial charge in [-0.15, -0.1) is 0 Å². The second kappa shape index (κ2) is 7.68. The Morgan fingerprint density at radius 1 is 1.16 bits per heavy atom. The van der Waals surface area contributed by atoms with Crippen LogP contribution in [-0.4, -0.2) is 29.2 Å². The minimum atomic E-state index is -0.327. The van der Waals surface area contributed by atoms with Crippen LogP contribution in [0.25, 0.3) is 10.9 Å². The van der Waals surface area contributed by atoms with Gasteiger partial charge in [-0.1, -0.05) is 18.2 Å². The molecule has 1 aromatic heterocycles. The fraction of sp³-hybridized carbons (Fsp3) is 0.440. The summed E-state index contributed by atoms with van der Waals surface area (Å²) in [5.74, 6) is 1.94. The molecule has 3 aromatic rings. The van der Waals surface area contributed by atoms with Crippen molar-refractivity contribution < 1.29 is 4.74 Å². The number of nitrogens with zero attached hydrogens (tertiary/aromatic N) is 1. The Kier molecular flexibility index (Phi) is 4.97. The molecule has 6 nitrogen and oxygen atoms in total. The van der Waals surface area contributed by atoms with Crippen LogP contribution in [0.1, 0.15) is 41.0 Å². The van der Waals surface area contributed by atoms with Gasteiger partial charge in [-0.2, -0.15) is 0 Å². The lowest BCUT2D eigenvalue weighted by atomic mass is 9.73. The van der Waals surface area contributed by atoms with Crippen molar-refractivity contribution in [3.05, 3.63) is 73.4 Å². The van der Waals surface area contributed by atoms with Gasteiger partial charge in [0.25, 0.3) is 5.56 Å². The number of rotatable bonds is 4. The second-order valence-electron chi connectivity index (χ2n) is 8.97. The average molecular weight is 420 g/mol. The maximum absolute atomic E-state index is 13.1. The van der Waals surface area contributed by atoms with Crippen LogP contribution in [0.4, 0.5) is 0 Å². The van der Waals surface area contributed by atoms with Crippen molar-refractivity contribution in [3.63, 3.8) is 0 Å². The SMILES string of the molecule is COc1cccc2c1CCC1CNC(CCn3c(=O)[nH]c4c(C)c(C)ccc4c3=O)C21. The van der Waals surface area contributed by atoms with Crippen molar-refractivity contribution in [3.8, 4) is 5.75 Å². The van der Waals surface area contributed by atoms with E-state index in [9.17, 15) is 9.59 Å². The van der Waals surface area contributed by atoms with Crippen LogP contribution in [0.3, 0.4) is 0 Å². The van der Waals surface area contributed by atoms with Crippen LogP contribution in [0, 0.1) is 19.8 Å². The Balaban J connectivity index is 1.45. The number of methoxy groups -OCH3 is 1. The smallest absolute Gasteiger partial charge is 0.328 e. The molecule has 0 saturated carbocycles. The summed E-state index contributed by atoms with van der Waals surface area (Å²) in [5, 5.41) is 4.25. The summed E-state index contributed by atoms with van der Waals surface area (Å²) < 4.78 is 6.97. The van der Waals surface area contributed by atoms with Crippen LogP contribution in [0.2, 0.25) is 0 Å². The van der Waals surface area contributed by atoms with Gasteiger partial charge in [0.05, 0.1) is 18.0 Å². The Morgan fingerprint density at radius 2 is 2.00 bits per heavy atom. The minimum Gasteiger partial charge on any atom is -0.496 e. The average Bonchev–Trinajstić information content (AvgIpc) is 3.19. The van der Waals surface area contributed by atoms with E-state index in [2.05, 4.69) is 22.4 Å². The van der Waals surface area contributed by atoms with E-state index < -0.39 is 0 Å². The van der Waals surface area contributed by atoms with Crippen LogP contribution < -0.4 is 21.3 Å². The molecule has 0 bridgehead atoms. The summed E-state index contributed by atoms with van der Waals surface area (Å²) in [5.41, 5.74) is 4.80. The van der Waals surface area contributed by atoms with Crippen molar-refractivity contribution in [2.75, 3.05) is 13.7 Å².